The Morgan fingerprint density at radius 2 is 1.86 bits per heavy atom. The summed E-state index contributed by atoms with van der Waals surface area (Å²) < 4.78 is 5.78. The van der Waals surface area contributed by atoms with Gasteiger partial charge in [0, 0.05) is 6.04 Å². The van der Waals surface area contributed by atoms with Gasteiger partial charge < -0.3 is 10.5 Å². The maximum absolute atomic E-state index is 6.11. The lowest BCUT2D eigenvalue weighted by atomic mass is 9.85. The van der Waals surface area contributed by atoms with Gasteiger partial charge in [-0.15, -0.1) is 0 Å². The summed E-state index contributed by atoms with van der Waals surface area (Å²) in [5, 5.41) is 0. The molecule has 21 heavy (non-hydrogen) atoms. The third-order valence-electron chi connectivity index (χ3n) is 3.91. The summed E-state index contributed by atoms with van der Waals surface area (Å²) >= 11 is 0. The Balaban J connectivity index is 2.76. The van der Waals surface area contributed by atoms with Crippen LogP contribution in [0.1, 0.15) is 71.4 Å². The third-order valence-corrected chi connectivity index (χ3v) is 3.91. The van der Waals surface area contributed by atoms with Gasteiger partial charge >= 0.3 is 0 Å². The van der Waals surface area contributed by atoms with Crippen molar-refractivity contribution in [3.8, 4) is 5.75 Å². The normalized spacial score (nSPS) is 13.2. The molecule has 0 aliphatic rings. The molecule has 1 unspecified atom stereocenters. The molecule has 0 aliphatic carbocycles. The lowest BCUT2D eigenvalue weighted by molar-refractivity contribution is 0.335. The molecule has 2 N–H and O–H groups in total. The average molecular weight is 291 g/mol. The summed E-state index contributed by atoms with van der Waals surface area (Å²) in [7, 11) is 0. The number of ether oxygens (including phenoxy) is 1. The van der Waals surface area contributed by atoms with Gasteiger partial charge in [-0.25, -0.2) is 0 Å². The Hall–Kier alpha value is -1.02. The molecule has 0 saturated carbocycles. The molecule has 0 fully saturated rings. The van der Waals surface area contributed by atoms with E-state index in [0.717, 1.165) is 38.0 Å². The Labute approximate surface area is 131 Å². The van der Waals surface area contributed by atoms with E-state index in [1.54, 1.807) is 0 Å². The highest BCUT2D eigenvalue weighted by molar-refractivity contribution is 5.39. The summed E-state index contributed by atoms with van der Waals surface area (Å²) in [4.78, 5) is 0. The van der Waals surface area contributed by atoms with Gasteiger partial charge in [-0.3, -0.25) is 0 Å². The zero-order valence-corrected chi connectivity index (χ0v) is 14.5. The second-order valence-corrected chi connectivity index (χ2v) is 6.95. The molecule has 0 bridgehead atoms. The first-order valence-electron chi connectivity index (χ1n) is 8.40. The molecule has 2 heteroatoms. The first-order chi connectivity index (χ1) is 9.88. The van der Waals surface area contributed by atoms with Crippen molar-refractivity contribution >= 4 is 0 Å². The Bertz CT molecular complexity index is 420. The minimum atomic E-state index is 0.179. The number of aryl methyl sites for hydroxylation is 1. The number of hydrogen-bond acceptors (Lipinski definition) is 2. The minimum Gasteiger partial charge on any atom is -0.494 e. The first-order valence-corrected chi connectivity index (χ1v) is 8.40. The molecular weight excluding hydrogens is 258 g/mol. The topological polar surface area (TPSA) is 35.2 Å². The fourth-order valence-corrected chi connectivity index (χ4v) is 2.61. The van der Waals surface area contributed by atoms with Crippen LogP contribution < -0.4 is 10.5 Å². The van der Waals surface area contributed by atoms with Crippen LogP contribution in [0.5, 0.6) is 5.75 Å². The molecule has 0 aromatic heterocycles. The number of nitrogens with two attached hydrogens (primary N) is 1. The lowest BCUT2D eigenvalue weighted by Gasteiger charge is -2.21. The van der Waals surface area contributed by atoms with Gasteiger partial charge in [-0.05, 0) is 55.2 Å². The maximum atomic E-state index is 6.11. The van der Waals surface area contributed by atoms with E-state index in [-0.39, 0.29) is 5.41 Å². The summed E-state index contributed by atoms with van der Waals surface area (Å²) in [6.45, 7) is 11.7. The highest BCUT2D eigenvalue weighted by atomic mass is 16.5. The van der Waals surface area contributed by atoms with Gasteiger partial charge in [0.25, 0.3) is 0 Å². The minimum absolute atomic E-state index is 0.179. The summed E-state index contributed by atoms with van der Waals surface area (Å²) in [5.74, 6) is 1.04. The largest absolute Gasteiger partial charge is 0.494 e. The monoisotopic (exact) mass is 291 g/mol. The molecule has 1 aromatic carbocycles. The van der Waals surface area contributed by atoms with E-state index in [1.165, 1.54) is 17.5 Å². The fraction of sp³-hybridized carbons (Fsp3) is 0.684. The van der Waals surface area contributed by atoms with E-state index in [9.17, 15) is 0 Å². The van der Waals surface area contributed by atoms with Crippen molar-refractivity contribution in [1.82, 2.24) is 0 Å². The van der Waals surface area contributed by atoms with Crippen molar-refractivity contribution in [2.45, 2.75) is 78.2 Å². The molecule has 0 saturated heterocycles. The zero-order chi connectivity index (χ0) is 15.9. The molecule has 120 valence electrons. The molecule has 2 nitrogen and oxygen atoms in total. The van der Waals surface area contributed by atoms with Crippen molar-refractivity contribution < 1.29 is 4.74 Å². The van der Waals surface area contributed by atoms with E-state index in [0.29, 0.717) is 6.04 Å². The van der Waals surface area contributed by atoms with Crippen LogP contribution >= 0.6 is 0 Å². The van der Waals surface area contributed by atoms with Crippen LogP contribution in [0.3, 0.4) is 0 Å². The van der Waals surface area contributed by atoms with Gasteiger partial charge in [0.2, 0.25) is 0 Å². The summed E-state index contributed by atoms with van der Waals surface area (Å²) in [5.41, 5.74) is 8.99. The second kappa shape index (κ2) is 8.43. The van der Waals surface area contributed by atoms with Crippen molar-refractivity contribution in [2.24, 2.45) is 5.73 Å². The highest BCUT2D eigenvalue weighted by Gasteiger charge is 2.16. The van der Waals surface area contributed by atoms with Gasteiger partial charge in [-0.2, -0.15) is 0 Å². The number of hydrogen-bond donors (Lipinski definition) is 1. The SMILES string of the molecule is CCCC(N)CCCc1cc(C(C)(C)C)ccc1OCC. The molecular formula is C19H33NO. The molecule has 0 heterocycles. The van der Waals surface area contributed by atoms with Crippen LogP contribution in [0.2, 0.25) is 0 Å². The molecule has 0 amide bonds. The zero-order valence-electron chi connectivity index (χ0n) is 14.5. The van der Waals surface area contributed by atoms with Crippen LogP contribution in [0.15, 0.2) is 18.2 Å². The van der Waals surface area contributed by atoms with Crippen LogP contribution in [-0.2, 0) is 11.8 Å². The smallest absolute Gasteiger partial charge is 0.122 e. The van der Waals surface area contributed by atoms with Crippen LogP contribution in [0.4, 0.5) is 0 Å². The predicted molar refractivity (Wildman–Crippen MR) is 92.1 cm³/mol. The van der Waals surface area contributed by atoms with Crippen LogP contribution in [0.25, 0.3) is 0 Å². The van der Waals surface area contributed by atoms with Gasteiger partial charge in [-0.1, -0.05) is 46.2 Å². The Morgan fingerprint density at radius 1 is 1.14 bits per heavy atom. The molecule has 1 atom stereocenters. The van der Waals surface area contributed by atoms with E-state index < -0.39 is 0 Å². The van der Waals surface area contributed by atoms with E-state index in [1.807, 2.05) is 6.92 Å². The van der Waals surface area contributed by atoms with Crippen molar-refractivity contribution in [3.63, 3.8) is 0 Å². The second-order valence-electron chi connectivity index (χ2n) is 6.95. The van der Waals surface area contributed by atoms with E-state index >= 15 is 0 Å². The fourth-order valence-electron chi connectivity index (χ4n) is 2.61. The molecule has 0 radical (unpaired) electrons. The van der Waals surface area contributed by atoms with Gasteiger partial charge in [0.1, 0.15) is 5.75 Å². The Kier molecular flexibility index (Phi) is 7.24. The van der Waals surface area contributed by atoms with Crippen molar-refractivity contribution in [3.05, 3.63) is 29.3 Å². The average Bonchev–Trinajstić information content (AvgIpc) is 2.40. The summed E-state index contributed by atoms with van der Waals surface area (Å²) in [6, 6.07) is 6.98. The maximum Gasteiger partial charge on any atom is 0.122 e. The third kappa shape index (κ3) is 6.09. The standard InChI is InChI=1S/C19H33NO/c1-6-9-17(20)11-8-10-15-14-16(19(3,4)5)12-13-18(15)21-7-2/h12-14,17H,6-11,20H2,1-5H3. The lowest BCUT2D eigenvalue weighted by Crippen LogP contribution is -2.19. The van der Waals surface area contributed by atoms with Crippen LogP contribution in [-0.4, -0.2) is 12.6 Å². The quantitative estimate of drug-likeness (QED) is 0.744. The highest BCUT2D eigenvalue weighted by Crippen LogP contribution is 2.29. The summed E-state index contributed by atoms with van der Waals surface area (Å²) in [6.07, 6.45) is 5.58. The molecule has 1 aromatic rings. The number of rotatable bonds is 8. The number of benzene rings is 1. The Morgan fingerprint density at radius 3 is 2.43 bits per heavy atom. The van der Waals surface area contributed by atoms with Crippen molar-refractivity contribution in [1.29, 1.82) is 0 Å². The van der Waals surface area contributed by atoms with E-state index in [2.05, 4.69) is 45.9 Å². The van der Waals surface area contributed by atoms with Crippen LogP contribution in [0, 0.1) is 0 Å². The molecule has 1 rings (SSSR count). The first kappa shape index (κ1) is 18.0. The van der Waals surface area contributed by atoms with Crippen molar-refractivity contribution in [2.75, 3.05) is 6.61 Å². The van der Waals surface area contributed by atoms with E-state index in [4.69, 9.17) is 10.5 Å². The van der Waals surface area contributed by atoms with Gasteiger partial charge in [0.05, 0.1) is 6.61 Å². The molecule has 0 spiro atoms. The molecule has 0 aliphatic heterocycles. The predicted octanol–water partition coefficient (Wildman–Crippen LogP) is 4.83. The van der Waals surface area contributed by atoms with Gasteiger partial charge in [0.15, 0.2) is 0 Å².